The van der Waals surface area contributed by atoms with Crippen LogP contribution in [-0.4, -0.2) is 36.7 Å². The van der Waals surface area contributed by atoms with Crippen molar-refractivity contribution in [3.63, 3.8) is 0 Å². The van der Waals surface area contributed by atoms with Crippen molar-refractivity contribution in [1.82, 2.24) is 10.3 Å². The van der Waals surface area contributed by atoms with Gasteiger partial charge in [0, 0.05) is 25.2 Å². The molecule has 0 spiro atoms. The third-order valence-corrected chi connectivity index (χ3v) is 2.38. The van der Waals surface area contributed by atoms with Crippen LogP contribution in [0.1, 0.15) is 6.42 Å². The van der Waals surface area contributed by atoms with E-state index in [1.165, 1.54) is 0 Å². The molecule has 0 aliphatic carbocycles. The molecular formula is C11H15N3O2. The first-order chi connectivity index (χ1) is 7.84. The fourth-order valence-electron chi connectivity index (χ4n) is 1.62. The number of morpholine rings is 1. The first kappa shape index (κ1) is 11.0. The topological polar surface area (TPSA) is 63.2 Å². The lowest BCUT2D eigenvalue weighted by atomic mass is 10.2. The van der Waals surface area contributed by atoms with Gasteiger partial charge in [-0.15, -0.1) is 0 Å². The van der Waals surface area contributed by atoms with Crippen LogP contribution in [0.3, 0.4) is 0 Å². The third-order valence-electron chi connectivity index (χ3n) is 2.38. The minimum absolute atomic E-state index is 0.0176. The summed E-state index contributed by atoms with van der Waals surface area (Å²) >= 11 is 0. The molecule has 1 aliphatic rings. The highest BCUT2D eigenvalue weighted by Crippen LogP contribution is 2.05. The van der Waals surface area contributed by atoms with E-state index in [1.54, 1.807) is 18.5 Å². The summed E-state index contributed by atoms with van der Waals surface area (Å²) in [5.41, 5.74) is 0.726. The number of nitrogens with one attached hydrogen (secondary N) is 2. The normalized spacial score (nSPS) is 20.4. The second kappa shape index (κ2) is 5.58. The average Bonchev–Trinajstić information content (AvgIpc) is 2.31. The summed E-state index contributed by atoms with van der Waals surface area (Å²) in [7, 11) is 0. The Kier molecular flexibility index (Phi) is 3.85. The van der Waals surface area contributed by atoms with Gasteiger partial charge in [-0.05, 0) is 12.1 Å². The van der Waals surface area contributed by atoms with Crippen LogP contribution in [0.4, 0.5) is 5.69 Å². The molecule has 1 unspecified atom stereocenters. The zero-order chi connectivity index (χ0) is 11.2. The van der Waals surface area contributed by atoms with Crippen molar-refractivity contribution in [2.75, 3.05) is 25.1 Å². The third kappa shape index (κ3) is 3.29. The molecule has 1 aromatic heterocycles. The number of pyridine rings is 1. The lowest BCUT2D eigenvalue weighted by Gasteiger charge is -2.23. The van der Waals surface area contributed by atoms with Gasteiger partial charge in [-0.1, -0.05) is 0 Å². The second-order valence-electron chi connectivity index (χ2n) is 3.72. The number of hydrogen-bond donors (Lipinski definition) is 2. The van der Waals surface area contributed by atoms with E-state index >= 15 is 0 Å². The average molecular weight is 221 g/mol. The van der Waals surface area contributed by atoms with Crippen molar-refractivity contribution in [3.05, 3.63) is 24.5 Å². The fourth-order valence-corrected chi connectivity index (χ4v) is 1.62. The van der Waals surface area contributed by atoms with Crippen molar-refractivity contribution >= 4 is 11.6 Å². The van der Waals surface area contributed by atoms with Gasteiger partial charge in [-0.3, -0.25) is 9.78 Å². The van der Waals surface area contributed by atoms with E-state index in [0.717, 1.165) is 18.8 Å². The summed E-state index contributed by atoms with van der Waals surface area (Å²) in [6.45, 7) is 2.13. The standard InChI is InChI=1S/C11H15N3O2/c15-11(6-10-8-16-5-4-13-10)14-9-2-1-3-12-7-9/h1-3,7,10,13H,4-6,8H2,(H,14,15). The second-order valence-corrected chi connectivity index (χ2v) is 3.72. The van der Waals surface area contributed by atoms with Gasteiger partial charge >= 0.3 is 0 Å². The maximum Gasteiger partial charge on any atom is 0.226 e. The van der Waals surface area contributed by atoms with E-state index < -0.39 is 0 Å². The quantitative estimate of drug-likeness (QED) is 0.775. The van der Waals surface area contributed by atoms with Gasteiger partial charge in [0.05, 0.1) is 25.1 Å². The van der Waals surface area contributed by atoms with E-state index in [2.05, 4.69) is 15.6 Å². The Bertz CT molecular complexity index is 336. The molecule has 1 amide bonds. The number of aromatic nitrogens is 1. The number of nitrogens with zero attached hydrogens (tertiary/aromatic N) is 1. The van der Waals surface area contributed by atoms with E-state index in [1.807, 2.05) is 6.07 Å². The predicted molar refractivity (Wildman–Crippen MR) is 60.1 cm³/mol. The SMILES string of the molecule is O=C(CC1COCCN1)Nc1cccnc1. The van der Waals surface area contributed by atoms with E-state index in [0.29, 0.717) is 13.0 Å². The van der Waals surface area contributed by atoms with E-state index in [-0.39, 0.29) is 11.9 Å². The molecule has 1 aromatic rings. The van der Waals surface area contributed by atoms with Crippen LogP contribution in [0.5, 0.6) is 0 Å². The van der Waals surface area contributed by atoms with Crippen LogP contribution in [0.2, 0.25) is 0 Å². The molecule has 5 nitrogen and oxygen atoms in total. The molecule has 2 N–H and O–H groups in total. The highest BCUT2D eigenvalue weighted by molar-refractivity contribution is 5.90. The van der Waals surface area contributed by atoms with Crippen LogP contribution in [0.15, 0.2) is 24.5 Å². The zero-order valence-corrected chi connectivity index (χ0v) is 8.98. The maximum atomic E-state index is 11.6. The Balaban J connectivity index is 1.80. The summed E-state index contributed by atoms with van der Waals surface area (Å²) in [6, 6.07) is 3.72. The van der Waals surface area contributed by atoms with Gasteiger partial charge < -0.3 is 15.4 Å². The molecule has 1 saturated heterocycles. The first-order valence-electron chi connectivity index (χ1n) is 5.35. The molecule has 5 heteroatoms. The molecule has 2 rings (SSSR count). The Morgan fingerprint density at radius 3 is 3.31 bits per heavy atom. The number of ether oxygens (including phenoxy) is 1. The molecular weight excluding hydrogens is 206 g/mol. The number of amides is 1. The summed E-state index contributed by atoms with van der Waals surface area (Å²) in [4.78, 5) is 15.6. The van der Waals surface area contributed by atoms with Crippen LogP contribution in [0.25, 0.3) is 0 Å². The maximum absolute atomic E-state index is 11.6. The predicted octanol–water partition coefficient (Wildman–Crippen LogP) is 0.399. The Morgan fingerprint density at radius 2 is 2.62 bits per heavy atom. The zero-order valence-electron chi connectivity index (χ0n) is 8.98. The molecule has 1 aliphatic heterocycles. The van der Waals surface area contributed by atoms with Crippen molar-refractivity contribution in [2.24, 2.45) is 0 Å². The van der Waals surface area contributed by atoms with E-state index in [4.69, 9.17) is 4.74 Å². The first-order valence-corrected chi connectivity index (χ1v) is 5.35. The van der Waals surface area contributed by atoms with Crippen molar-refractivity contribution in [1.29, 1.82) is 0 Å². The van der Waals surface area contributed by atoms with Gasteiger partial charge in [0.25, 0.3) is 0 Å². The van der Waals surface area contributed by atoms with Crippen LogP contribution in [-0.2, 0) is 9.53 Å². The van der Waals surface area contributed by atoms with Gasteiger partial charge in [-0.2, -0.15) is 0 Å². The van der Waals surface area contributed by atoms with Crippen molar-refractivity contribution < 1.29 is 9.53 Å². The Morgan fingerprint density at radius 1 is 1.69 bits per heavy atom. The molecule has 16 heavy (non-hydrogen) atoms. The highest BCUT2D eigenvalue weighted by atomic mass is 16.5. The molecule has 1 atom stereocenters. The largest absolute Gasteiger partial charge is 0.378 e. The molecule has 1 fully saturated rings. The minimum atomic E-state index is -0.0176. The van der Waals surface area contributed by atoms with Crippen LogP contribution >= 0.6 is 0 Å². The molecule has 0 saturated carbocycles. The molecule has 2 heterocycles. The molecule has 0 bridgehead atoms. The highest BCUT2D eigenvalue weighted by Gasteiger charge is 2.16. The number of carbonyl (C=O) groups excluding carboxylic acids is 1. The molecule has 86 valence electrons. The van der Waals surface area contributed by atoms with Crippen molar-refractivity contribution in [3.8, 4) is 0 Å². The lowest BCUT2D eigenvalue weighted by Crippen LogP contribution is -2.43. The van der Waals surface area contributed by atoms with E-state index in [9.17, 15) is 4.79 Å². The number of hydrogen-bond acceptors (Lipinski definition) is 4. The Labute approximate surface area is 94.2 Å². The van der Waals surface area contributed by atoms with Crippen molar-refractivity contribution in [2.45, 2.75) is 12.5 Å². The monoisotopic (exact) mass is 221 g/mol. The number of carbonyl (C=O) groups is 1. The summed E-state index contributed by atoms with van der Waals surface area (Å²) in [6.07, 6.45) is 3.73. The summed E-state index contributed by atoms with van der Waals surface area (Å²) in [5.74, 6) is -0.0176. The molecule has 0 aromatic carbocycles. The van der Waals surface area contributed by atoms with Crippen LogP contribution < -0.4 is 10.6 Å². The van der Waals surface area contributed by atoms with Gasteiger partial charge in [0.1, 0.15) is 0 Å². The number of anilines is 1. The summed E-state index contributed by atoms with van der Waals surface area (Å²) in [5, 5.41) is 6.03. The molecule has 0 radical (unpaired) electrons. The van der Waals surface area contributed by atoms with Gasteiger partial charge in [0.15, 0.2) is 0 Å². The minimum Gasteiger partial charge on any atom is -0.378 e. The van der Waals surface area contributed by atoms with Gasteiger partial charge in [-0.25, -0.2) is 0 Å². The van der Waals surface area contributed by atoms with Gasteiger partial charge in [0.2, 0.25) is 5.91 Å². The van der Waals surface area contributed by atoms with Crippen LogP contribution in [0, 0.1) is 0 Å². The number of rotatable bonds is 3. The summed E-state index contributed by atoms with van der Waals surface area (Å²) < 4.78 is 5.28. The smallest absolute Gasteiger partial charge is 0.226 e. The fraction of sp³-hybridized carbons (Fsp3) is 0.455. The Hall–Kier alpha value is -1.46. The lowest BCUT2D eigenvalue weighted by molar-refractivity contribution is -0.117.